The van der Waals surface area contributed by atoms with Gasteiger partial charge in [0.05, 0.1) is 29.5 Å². The van der Waals surface area contributed by atoms with Gasteiger partial charge >= 0.3 is 0 Å². The maximum absolute atomic E-state index is 11.8. The highest BCUT2D eigenvalue weighted by Crippen LogP contribution is 2.31. The van der Waals surface area contributed by atoms with Gasteiger partial charge in [0.15, 0.2) is 5.82 Å². The average Bonchev–Trinajstić information content (AvgIpc) is 3.28. The number of benzene rings is 2. The lowest BCUT2D eigenvalue weighted by Crippen LogP contribution is -2.11. The van der Waals surface area contributed by atoms with E-state index < -0.39 is 10.0 Å². The van der Waals surface area contributed by atoms with Crippen LogP contribution in [0.1, 0.15) is 11.1 Å². The van der Waals surface area contributed by atoms with Crippen LogP contribution in [0.25, 0.3) is 5.69 Å². The first-order valence-electron chi connectivity index (χ1n) is 9.78. The van der Waals surface area contributed by atoms with E-state index in [0.717, 1.165) is 28.8 Å². The van der Waals surface area contributed by atoms with E-state index in [1.54, 1.807) is 29.4 Å². The van der Waals surface area contributed by atoms with E-state index in [9.17, 15) is 8.42 Å². The molecule has 0 bridgehead atoms. The fraction of sp³-hybridized carbons (Fsp3) is 0.143. The van der Waals surface area contributed by atoms with Crippen molar-refractivity contribution in [2.24, 2.45) is 0 Å². The molecule has 0 amide bonds. The summed E-state index contributed by atoms with van der Waals surface area (Å²) in [7, 11) is -3.47. The summed E-state index contributed by atoms with van der Waals surface area (Å²) in [6.45, 7) is 3.83. The first-order valence-corrected chi connectivity index (χ1v) is 12.1. The maximum atomic E-state index is 11.8. The Balaban J connectivity index is 1.63. The molecule has 4 aromatic rings. The summed E-state index contributed by atoms with van der Waals surface area (Å²) in [5.41, 5.74) is 4.44. The average molecular weight is 485 g/mol. The highest BCUT2D eigenvalue weighted by Gasteiger charge is 2.13. The van der Waals surface area contributed by atoms with E-state index in [2.05, 4.69) is 35.5 Å². The first kappa shape index (κ1) is 22.5. The van der Waals surface area contributed by atoms with Crippen LogP contribution in [0.15, 0.2) is 55.2 Å². The van der Waals surface area contributed by atoms with Gasteiger partial charge in [-0.15, -0.1) is 10.2 Å². The molecule has 0 atom stereocenters. The Kier molecular flexibility index (Phi) is 6.16. The molecule has 0 saturated heterocycles. The van der Waals surface area contributed by atoms with Crippen LogP contribution in [0.5, 0.6) is 0 Å². The number of nitrogens with one attached hydrogen (secondary N) is 3. The van der Waals surface area contributed by atoms with Crippen molar-refractivity contribution in [2.45, 2.75) is 13.8 Å². The second-order valence-corrected chi connectivity index (χ2v) is 9.59. The Morgan fingerprint density at radius 2 is 1.70 bits per heavy atom. The molecule has 0 aliphatic rings. The zero-order chi connectivity index (χ0) is 23.6. The smallest absolute Gasteiger partial charge is 0.229 e. The summed E-state index contributed by atoms with van der Waals surface area (Å²) in [5.74, 6) is 0.637. The molecule has 2 heterocycles. The third-order valence-corrected chi connectivity index (χ3v) is 5.52. The van der Waals surface area contributed by atoms with Crippen molar-refractivity contribution < 1.29 is 8.42 Å². The normalized spacial score (nSPS) is 11.3. The fourth-order valence-electron chi connectivity index (χ4n) is 3.05. The Bertz CT molecular complexity index is 1410. The zero-order valence-corrected chi connectivity index (χ0v) is 19.6. The van der Waals surface area contributed by atoms with Crippen molar-refractivity contribution in [3.63, 3.8) is 0 Å². The van der Waals surface area contributed by atoms with Gasteiger partial charge < -0.3 is 10.6 Å². The summed E-state index contributed by atoms with van der Waals surface area (Å²) in [5, 5.41) is 14.2. The lowest BCUT2D eigenvalue weighted by atomic mass is 10.2. The van der Waals surface area contributed by atoms with Crippen molar-refractivity contribution in [3.8, 4) is 5.69 Å². The minimum Gasteiger partial charge on any atom is -0.337 e. The van der Waals surface area contributed by atoms with Gasteiger partial charge in [0, 0.05) is 5.69 Å². The minimum atomic E-state index is -3.47. The molecule has 12 heteroatoms. The van der Waals surface area contributed by atoms with Crippen LogP contribution >= 0.6 is 11.6 Å². The molecule has 33 heavy (non-hydrogen) atoms. The number of rotatable bonds is 7. The monoisotopic (exact) mass is 484 g/mol. The van der Waals surface area contributed by atoms with Gasteiger partial charge in [-0.2, -0.15) is 4.98 Å². The van der Waals surface area contributed by atoms with E-state index in [0.29, 0.717) is 23.1 Å². The summed E-state index contributed by atoms with van der Waals surface area (Å²) in [6.07, 6.45) is 5.78. The summed E-state index contributed by atoms with van der Waals surface area (Å²) in [6, 6.07) is 11.2. The van der Waals surface area contributed by atoms with Crippen LogP contribution in [-0.4, -0.2) is 39.4 Å². The van der Waals surface area contributed by atoms with E-state index >= 15 is 0 Å². The molecule has 2 aromatic heterocycles. The lowest BCUT2D eigenvalue weighted by molar-refractivity contribution is 0.607. The molecule has 0 radical (unpaired) electrons. The second-order valence-electron chi connectivity index (χ2n) is 7.43. The molecule has 0 spiro atoms. The number of aryl methyl sites for hydroxylation is 2. The number of hydrogen-bond donors (Lipinski definition) is 3. The number of aromatic nitrogens is 5. The Morgan fingerprint density at radius 3 is 2.42 bits per heavy atom. The van der Waals surface area contributed by atoms with E-state index in [-0.39, 0.29) is 5.02 Å². The molecule has 0 unspecified atom stereocenters. The van der Waals surface area contributed by atoms with Gasteiger partial charge in [0.1, 0.15) is 17.7 Å². The number of hydrogen-bond acceptors (Lipinski definition) is 8. The van der Waals surface area contributed by atoms with Crippen LogP contribution in [0.2, 0.25) is 5.02 Å². The molecule has 0 aliphatic heterocycles. The third kappa shape index (κ3) is 5.57. The van der Waals surface area contributed by atoms with Crippen molar-refractivity contribution in [1.29, 1.82) is 0 Å². The van der Waals surface area contributed by atoms with E-state index in [1.807, 2.05) is 38.1 Å². The maximum Gasteiger partial charge on any atom is 0.229 e. The lowest BCUT2D eigenvalue weighted by Gasteiger charge is -2.15. The standard InChI is InChI=1S/C21H21ClN8O2S/c1-13-4-7-17(19(8-13)29-33(3,31)32)26-20-16(22)10-23-21(28-20)27-18-9-15(6-5-14(18)2)30-11-24-25-12-30/h4-12,29H,1-3H3,(H2,23,26,27,28). The highest BCUT2D eigenvalue weighted by atomic mass is 35.5. The van der Waals surface area contributed by atoms with Gasteiger partial charge in [-0.25, -0.2) is 13.4 Å². The van der Waals surface area contributed by atoms with Crippen molar-refractivity contribution in [3.05, 3.63) is 71.4 Å². The van der Waals surface area contributed by atoms with Crippen LogP contribution in [0.3, 0.4) is 0 Å². The van der Waals surface area contributed by atoms with Gasteiger partial charge in [-0.1, -0.05) is 23.7 Å². The predicted octanol–water partition coefficient (Wildman–Crippen LogP) is 4.19. The zero-order valence-electron chi connectivity index (χ0n) is 18.0. The quantitative estimate of drug-likeness (QED) is 0.356. The number of sulfonamides is 1. The SMILES string of the molecule is Cc1ccc(Nc2nc(Nc3cc(-n4cnnc4)ccc3C)ncc2Cl)c(NS(C)(=O)=O)c1. The molecule has 0 aliphatic carbocycles. The number of anilines is 5. The second kappa shape index (κ2) is 9.04. The molecule has 0 fully saturated rings. The van der Waals surface area contributed by atoms with Gasteiger partial charge in [0.25, 0.3) is 0 Å². The van der Waals surface area contributed by atoms with Crippen LogP contribution < -0.4 is 15.4 Å². The van der Waals surface area contributed by atoms with Crippen LogP contribution in [-0.2, 0) is 10.0 Å². The highest BCUT2D eigenvalue weighted by molar-refractivity contribution is 7.92. The molecule has 10 nitrogen and oxygen atoms in total. The summed E-state index contributed by atoms with van der Waals surface area (Å²) >= 11 is 6.32. The Morgan fingerprint density at radius 1 is 0.939 bits per heavy atom. The molecule has 0 saturated carbocycles. The Labute approximate surface area is 196 Å². The summed E-state index contributed by atoms with van der Waals surface area (Å²) < 4.78 is 27.8. The molecular weight excluding hydrogens is 464 g/mol. The number of nitrogens with zero attached hydrogens (tertiary/aromatic N) is 5. The topological polar surface area (TPSA) is 127 Å². The van der Waals surface area contributed by atoms with Crippen LogP contribution in [0, 0.1) is 13.8 Å². The van der Waals surface area contributed by atoms with Gasteiger partial charge in [-0.05, 0) is 49.2 Å². The van der Waals surface area contributed by atoms with E-state index in [4.69, 9.17) is 11.6 Å². The molecule has 2 aromatic carbocycles. The molecule has 3 N–H and O–H groups in total. The third-order valence-electron chi connectivity index (χ3n) is 4.65. The molecule has 4 rings (SSSR count). The largest absolute Gasteiger partial charge is 0.337 e. The number of halogens is 1. The Hall–Kier alpha value is -3.70. The van der Waals surface area contributed by atoms with E-state index in [1.165, 1.54) is 6.20 Å². The van der Waals surface area contributed by atoms with Crippen molar-refractivity contribution >= 4 is 50.5 Å². The van der Waals surface area contributed by atoms with Crippen molar-refractivity contribution in [1.82, 2.24) is 24.7 Å². The van der Waals surface area contributed by atoms with Gasteiger partial charge in [0.2, 0.25) is 16.0 Å². The van der Waals surface area contributed by atoms with Crippen LogP contribution in [0.4, 0.5) is 28.8 Å². The fourth-order valence-corrected chi connectivity index (χ4v) is 3.76. The van der Waals surface area contributed by atoms with Crippen molar-refractivity contribution in [2.75, 3.05) is 21.6 Å². The first-order chi connectivity index (χ1) is 15.7. The molecular formula is C21H21ClN8O2S. The minimum absolute atomic E-state index is 0.279. The predicted molar refractivity (Wildman–Crippen MR) is 129 cm³/mol. The molecule has 170 valence electrons. The summed E-state index contributed by atoms with van der Waals surface area (Å²) in [4.78, 5) is 8.75. The van der Waals surface area contributed by atoms with Gasteiger partial charge in [-0.3, -0.25) is 9.29 Å².